The lowest BCUT2D eigenvalue weighted by molar-refractivity contribution is -0.113. The number of amides is 1. The number of hydrogen-bond acceptors (Lipinski definition) is 3. The Kier molecular flexibility index (Phi) is 4.76. The molecule has 122 valence electrons. The van der Waals surface area contributed by atoms with Gasteiger partial charge in [-0.2, -0.15) is 0 Å². The van der Waals surface area contributed by atoms with Gasteiger partial charge in [-0.1, -0.05) is 47.7 Å². The monoisotopic (exact) mass is 377 g/mol. The molecule has 1 saturated heterocycles. The predicted octanol–water partition coefficient (Wildman–Crippen LogP) is 5.50. The normalized spacial score (nSPS) is 16.3. The van der Waals surface area contributed by atoms with Gasteiger partial charge in [0, 0.05) is 5.56 Å². The third-order valence-electron chi connectivity index (χ3n) is 3.82. The molecule has 0 radical (unpaired) electrons. The largest absolute Gasteiger partial charge is 0.270 e. The SMILES string of the molecule is Cc1ccc(N2C(=O)/C(=C\c3c(F)cccc3Cl)SC2=S)cc1C. The van der Waals surface area contributed by atoms with E-state index in [0.29, 0.717) is 14.9 Å². The summed E-state index contributed by atoms with van der Waals surface area (Å²) in [6, 6.07) is 10.1. The molecule has 0 saturated carbocycles. The van der Waals surface area contributed by atoms with Crippen molar-refractivity contribution in [2.24, 2.45) is 0 Å². The third kappa shape index (κ3) is 3.11. The lowest BCUT2D eigenvalue weighted by atomic mass is 10.1. The molecule has 0 unspecified atom stereocenters. The maximum absolute atomic E-state index is 13.9. The fourth-order valence-corrected chi connectivity index (χ4v) is 3.83. The van der Waals surface area contributed by atoms with E-state index < -0.39 is 5.82 Å². The molecule has 0 aliphatic carbocycles. The zero-order valence-corrected chi connectivity index (χ0v) is 15.4. The first-order valence-corrected chi connectivity index (χ1v) is 8.78. The van der Waals surface area contributed by atoms with Gasteiger partial charge in [-0.05, 0) is 55.3 Å². The third-order valence-corrected chi connectivity index (χ3v) is 5.45. The van der Waals surface area contributed by atoms with E-state index in [1.165, 1.54) is 23.1 Å². The van der Waals surface area contributed by atoms with Gasteiger partial charge in [0.05, 0.1) is 15.6 Å². The first kappa shape index (κ1) is 17.1. The lowest BCUT2D eigenvalue weighted by Gasteiger charge is -2.15. The molecule has 2 aromatic carbocycles. The van der Waals surface area contributed by atoms with Crippen LogP contribution in [0, 0.1) is 19.7 Å². The molecule has 1 heterocycles. The molecule has 6 heteroatoms. The van der Waals surface area contributed by atoms with E-state index >= 15 is 0 Å². The Bertz CT molecular complexity index is 874. The van der Waals surface area contributed by atoms with Gasteiger partial charge in [0.1, 0.15) is 5.82 Å². The van der Waals surface area contributed by atoms with Crippen LogP contribution >= 0.6 is 35.6 Å². The van der Waals surface area contributed by atoms with Gasteiger partial charge in [0.15, 0.2) is 4.32 Å². The van der Waals surface area contributed by atoms with E-state index in [2.05, 4.69) is 0 Å². The van der Waals surface area contributed by atoms with Gasteiger partial charge in [0.25, 0.3) is 5.91 Å². The lowest BCUT2D eigenvalue weighted by Crippen LogP contribution is -2.27. The zero-order valence-electron chi connectivity index (χ0n) is 13.0. The van der Waals surface area contributed by atoms with Crippen molar-refractivity contribution in [3.05, 3.63) is 68.8 Å². The van der Waals surface area contributed by atoms with Gasteiger partial charge >= 0.3 is 0 Å². The highest BCUT2D eigenvalue weighted by Crippen LogP contribution is 2.37. The first-order valence-electron chi connectivity index (χ1n) is 7.17. The summed E-state index contributed by atoms with van der Waals surface area (Å²) in [4.78, 5) is 14.5. The zero-order chi connectivity index (χ0) is 17.4. The van der Waals surface area contributed by atoms with Crippen molar-refractivity contribution in [2.45, 2.75) is 13.8 Å². The van der Waals surface area contributed by atoms with Crippen LogP contribution in [0.5, 0.6) is 0 Å². The Morgan fingerprint density at radius 1 is 1.21 bits per heavy atom. The summed E-state index contributed by atoms with van der Waals surface area (Å²) < 4.78 is 14.4. The molecule has 2 aromatic rings. The number of aryl methyl sites for hydroxylation is 2. The number of anilines is 1. The van der Waals surface area contributed by atoms with Crippen LogP contribution in [-0.4, -0.2) is 10.2 Å². The first-order chi connectivity index (χ1) is 11.4. The highest BCUT2D eigenvalue weighted by atomic mass is 35.5. The number of halogens is 2. The van der Waals surface area contributed by atoms with Gasteiger partial charge in [0.2, 0.25) is 0 Å². The van der Waals surface area contributed by atoms with E-state index in [4.69, 9.17) is 23.8 Å². The molecule has 1 aliphatic rings. The summed E-state index contributed by atoms with van der Waals surface area (Å²) in [7, 11) is 0. The molecular formula is C18H13ClFNOS2. The maximum atomic E-state index is 13.9. The Hall–Kier alpha value is -1.69. The van der Waals surface area contributed by atoms with Crippen LogP contribution in [0.3, 0.4) is 0 Å². The van der Waals surface area contributed by atoms with Gasteiger partial charge < -0.3 is 0 Å². The Balaban J connectivity index is 2.00. The van der Waals surface area contributed by atoms with E-state index in [9.17, 15) is 9.18 Å². The minimum absolute atomic E-state index is 0.194. The van der Waals surface area contributed by atoms with Gasteiger partial charge in [-0.25, -0.2) is 4.39 Å². The highest BCUT2D eigenvalue weighted by molar-refractivity contribution is 8.27. The number of benzene rings is 2. The van der Waals surface area contributed by atoms with Crippen molar-refractivity contribution in [3.8, 4) is 0 Å². The number of carbonyl (C=O) groups is 1. The van der Waals surface area contributed by atoms with Crippen LogP contribution < -0.4 is 4.90 Å². The van der Waals surface area contributed by atoms with Gasteiger partial charge in [-0.15, -0.1) is 0 Å². The molecule has 1 amide bonds. The van der Waals surface area contributed by atoms with Crippen LogP contribution in [0.1, 0.15) is 16.7 Å². The standard InChI is InChI=1S/C18H13ClFNOS2/c1-10-6-7-12(8-11(10)2)21-17(22)16(24-18(21)23)9-13-14(19)4-3-5-15(13)20/h3-9H,1-2H3/b16-9+. The van der Waals surface area contributed by atoms with Crippen LogP contribution in [0.25, 0.3) is 6.08 Å². The number of thiocarbonyl (C=S) groups is 1. The molecule has 2 nitrogen and oxygen atoms in total. The van der Waals surface area contributed by atoms with Crippen LogP contribution in [0.4, 0.5) is 10.1 Å². The van der Waals surface area contributed by atoms with E-state index in [-0.39, 0.29) is 16.5 Å². The Labute approximate surface area is 154 Å². The average molecular weight is 378 g/mol. The summed E-state index contributed by atoms with van der Waals surface area (Å²) in [5.74, 6) is -0.744. The Morgan fingerprint density at radius 2 is 1.96 bits per heavy atom. The second-order valence-electron chi connectivity index (χ2n) is 5.42. The number of nitrogens with zero attached hydrogens (tertiary/aromatic N) is 1. The summed E-state index contributed by atoms with van der Waals surface area (Å²) in [6.07, 6.45) is 1.46. The molecular weight excluding hydrogens is 365 g/mol. The molecule has 0 bridgehead atoms. The van der Waals surface area contributed by atoms with Crippen LogP contribution in [-0.2, 0) is 4.79 Å². The number of carbonyl (C=O) groups excluding carboxylic acids is 1. The predicted molar refractivity (Wildman–Crippen MR) is 103 cm³/mol. The minimum Gasteiger partial charge on any atom is -0.268 e. The van der Waals surface area contributed by atoms with E-state index in [1.807, 2.05) is 32.0 Å². The quantitative estimate of drug-likeness (QED) is 0.509. The molecule has 0 atom stereocenters. The molecule has 1 fully saturated rings. The van der Waals surface area contributed by atoms with Gasteiger partial charge in [-0.3, -0.25) is 9.69 Å². The second kappa shape index (κ2) is 6.67. The van der Waals surface area contributed by atoms with Crippen molar-refractivity contribution >= 4 is 57.6 Å². The average Bonchev–Trinajstić information content (AvgIpc) is 2.80. The van der Waals surface area contributed by atoms with Crippen molar-refractivity contribution < 1.29 is 9.18 Å². The highest BCUT2D eigenvalue weighted by Gasteiger charge is 2.33. The fourth-order valence-electron chi connectivity index (χ4n) is 2.33. The summed E-state index contributed by atoms with van der Waals surface area (Å²) in [5, 5.41) is 0.256. The topological polar surface area (TPSA) is 20.3 Å². The van der Waals surface area contributed by atoms with Crippen LogP contribution in [0.2, 0.25) is 5.02 Å². The summed E-state index contributed by atoms with van der Waals surface area (Å²) in [6.45, 7) is 3.98. The second-order valence-corrected chi connectivity index (χ2v) is 7.50. The molecule has 1 aliphatic heterocycles. The van der Waals surface area contributed by atoms with Crippen LogP contribution in [0.15, 0.2) is 41.3 Å². The van der Waals surface area contributed by atoms with Crippen molar-refractivity contribution in [3.63, 3.8) is 0 Å². The maximum Gasteiger partial charge on any atom is 0.270 e. The number of rotatable bonds is 2. The minimum atomic E-state index is -0.473. The molecule has 0 N–H and O–H groups in total. The van der Waals surface area contributed by atoms with E-state index in [1.54, 1.807) is 6.07 Å². The summed E-state index contributed by atoms with van der Waals surface area (Å²) in [5.41, 5.74) is 3.11. The van der Waals surface area contributed by atoms with Crippen molar-refractivity contribution in [2.75, 3.05) is 4.90 Å². The molecule has 0 aromatic heterocycles. The molecule has 3 rings (SSSR count). The summed E-state index contributed by atoms with van der Waals surface area (Å²) >= 11 is 12.5. The smallest absolute Gasteiger partial charge is 0.268 e. The van der Waals surface area contributed by atoms with E-state index in [0.717, 1.165) is 22.9 Å². The van der Waals surface area contributed by atoms with Crippen molar-refractivity contribution in [1.29, 1.82) is 0 Å². The number of thioether (sulfide) groups is 1. The fraction of sp³-hybridized carbons (Fsp3) is 0.111. The Morgan fingerprint density at radius 3 is 2.62 bits per heavy atom. The molecule has 24 heavy (non-hydrogen) atoms. The molecule has 0 spiro atoms. The van der Waals surface area contributed by atoms with Crippen molar-refractivity contribution in [1.82, 2.24) is 0 Å². The number of hydrogen-bond donors (Lipinski definition) is 0.